The number of thioether (sulfide) groups is 2. The molecule has 4 N–H and O–H groups in total. The Hall–Kier alpha value is -3.05. The molecule has 0 aromatic heterocycles. The molecule has 0 spiro atoms. The van der Waals surface area contributed by atoms with Crippen molar-refractivity contribution in [3.8, 4) is 0 Å². The second-order valence-electron chi connectivity index (χ2n) is 17.0. The van der Waals surface area contributed by atoms with Crippen molar-refractivity contribution in [3.05, 3.63) is 0 Å². The van der Waals surface area contributed by atoms with Crippen LogP contribution in [0.4, 0.5) is 9.59 Å². The summed E-state index contributed by atoms with van der Waals surface area (Å²) in [4.78, 5) is 97.9. The predicted molar refractivity (Wildman–Crippen MR) is 239 cm³/mol. The number of thiocarbonyl (C=S) groups is 1. The average molecular weight is 899 g/mol. The minimum atomic E-state index is -1.16. The number of hydrogen-bond donors (Lipinski definition) is 4. The van der Waals surface area contributed by atoms with Gasteiger partial charge in [0.1, 0.15) is 23.9 Å². The fourth-order valence-electron chi connectivity index (χ4n) is 7.34. The highest BCUT2D eigenvalue weighted by Gasteiger charge is 2.49. The third-order valence-corrected chi connectivity index (χ3v) is 14.2. The van der Waals surface area contributed by atoms with Crippen molar-refractivity contribution in [3.63, 3.8) is 0 Å². The molecular weight excluding hydrogens is 829 g/mol. The topological polar surface area (TPSA) is 203 Å². The van der Waals surface area contributed by atoms with E-state index in [-0.39, 0.29) is 11.9 Å². The summed E-state index contributed by atoms with van der Waals surface area (Å²) in [7, 11) is 0. The van der Waals surface area contributed by atoms with E-state index in [2.05, 4.69) is 21.3 Å². The molecule has 2 fully saturated rings. The zero-order valence-corrected chi connectivity index (χ0v) is 39.2. The fourth-order valence-corrected chi connectivity index (χ4v) is 11.1. The molecule has 0 aromatic carbocycles. The minimum absolute atomic E-state index is 0.336. The number of esters is 2. The monoisotopic (exact) mass is 898 g/mol. The molecule has 0 aliphatic carbocycles. The lowest BCUT2D eigenvalue weighted by atomic mass is 9.77. The normalized spacial score (nSPS) is 16.4. The van der Waals surface area contributed by atoms with Gasteiger partial charge in [-0.05, 0) is 66.2 Å². The number of urea groups is 2. The molecule has 340 valence electrons. The molecule has 0 unspecified atom stereocenters. The summed E-state index contributed by atoms with van der Waals surface area (Å²) in [6.45, 7) is 11.3. The van der Waals surface area contributed by atoms with Crippen LogP contribution >= 0.6 is 35.7 Å². The Morgan fingerprint density at radius 3 is 1.00 bits per heavy atom. The van der Waals surface area contributed by atoms with E-state index in [1.165, 1.54) is 23.5 Å². The summed E-state index contributed by atoms with van der Waals surface area (Å²) in [5.41, 5.74) is -2.32. The molecule has 60 heavy (non-hydrogen) atoms. The van der Waals surface area contributed by atoms with Gasteiger partial charge >= 0.3 is 24.0 Å². The molecule has 17 heteroatoms. The lowest BCUT2D eigenvalue weighted by molar-refractivity contribution is -0.147. The smallest absolute Gasteiger partial charge is 0.328 e. The molecular formula is C43H70N4O10S3. The highest BCUT2D eigenvalue weighted by Crippen LogP contribution is 2.38. The lowest BCUT2D eigenvalue weighted by Gasteiger charge is -2.33. The molecule has 2 rings (SSSR count). The van der Waals surface area contributed by atoms with Crippen LogP contribution in [-0.4, -0.2) is 73.9 Å². The van der Waals surface area contributed by atoms with Crippen molar-refractivity contribution >= 4 is 86.9 Å². The number of nitrogens with one attached hydrogen (secondary N) is 4. The number of amides is 8. The van der Waals surface area contributed by atoms with Crippen molar-refractivity contribution in [1.29, 1.82) is 0 Å². The third kappa shape index (κ3) is 17.0. The van der Waals surface area contributed by atoms with Gasteiger partial charge in [0.05, 0.1) is 13.2 Å². The molecule has 0 radical (unpaired) electrons. The molecule has 0 atom stereocenters. The molecule has 2 saturated heterocycles. The maximum atomic E-state index is 12.9. The second-order valence-corrected chi connectivity index (χ2v) is 21.4. The van der Waals surface area contributed by atoms with Gasteiger partial charge in [-0.1, -0.05) is 152 Å². The van der Waals surface area contributed by atoms with Crippen molar-refractivity contribution < 1.29 is 47.8 Å². The van der Waals surface area contributed by atoms with Crippen molar-refractivity contribution in [2.75, 3.05) is 13.2 Å². The number of carbonyl (C=O) groups excluding carboxylic acids is 8. The van der Waals surface area contributed by atoms with Crippen LogP contribution in [0.15, 0.2) is 0 Å². The Balaban J connectivity index is 1.48. The Kier molecular flexibility index (Phi) is 23.4. The number of hydrogen-bond acceptors (Lipinski definition) is 13. The molecule has 14 nitrogen and oxygen atoms in total. The van der Waals surface area contributed by atoms with E-state index < -0.39 is 56.0 Å². The van der Waals surface area contributed by atoms with Gasteiger partial charge in [-0.25, -0.2) is 9.59 Å². The first kappa shape index (κ1) is 53.1. The van der Waals surface area contributed by atoms with Crippen LogP contribution in [0.5, 0.6) is 0 Å². The average Bonchev–Trinajstić information content (AvgIpc) is 3.16. The van der Waals surface area contributed by atoms with E-state index in [1.807, 2.05) is 0 Å². The van der Waals surface area contributed by atoms with Gasteiger partial charge in [-0.15, -0.1) is 0 Å². The Morgan fingerprint density at radius 2 is 0.733 bits per heavy atom. The summed E-state index contributed by atoms with van der Waals surface area (Å²) in [5.74, 6) is -2.70. The molecule has 2 aliphatic heterocycles. The van der Waals surface area contributed by atoms with Crippen molar-refractivity contribution in [2.24, 2.45) is 10.8 Å². The van der Waals surface area contributed by atoms with Gasteiger partial charge in [-0.3, -0.25) is 50.0 Å². The molecule has 0 saturated carbocycles. The maximum absolute atomic E-state index is 12.9. The maximum Gasteiger partial charge on any atom is 0.328 e. The predicted octanol–water partition coefficient (Wildman–Crippen LogP) is 8.71. The quantitative estimate of drug-likeness (QED) is 0.0231. The molecule has 2 aliphatic rings. The number of rotatable bonds is 30. The summed E-state index contributed by atoms with van der Waals surface area (Å²) in [6.07, 6.45) is 18.9. The highest BCUT2D eigenvalue weighted by molar-refractivity contribution is 8.48. The first-order valence-electron chi connectivity index (χ1n) is 22.0. The Bertz CT molecular complexity index is 1370. The van der Waals surface area contributed by atoms with Crippen LogP contribution in [0.25, 0.3) is 0 Å². The minimum Gasteiger partial charge on any atom is -0.465 e. The number of ether oxygens (including phenoxy) is 2. The van der Waals surface area contributed by atoms with E-state index >= 15 is 0 Å². The first-order chi connectivity index (χ1) is 28.4. The summed E-state index contributed by atoms with van der Waals surface area (Å²) >= 11 is 8.01. The van der Waals surface area contributed by atoms with Crippen molar-refractivity contribution in [1.82, 2.24) is 21.3 Å². The number of carbonyl (C=O) groups is 8. The molecule has 0 aromatic rings. The first-order valence-corrected chi connectivity index (χ1v) is 24.0. The number of unbranched alkanes of at least 4 members (excludes halogenated alkanes) is 16. The third-order valence-electron chi connectivity index (χ3n) is 11.5. The zero-order chi connectivity index (χ0) is 44.8. The lowest BCUT2D eigenvalue weighted by Crippen LogP contribution is -2.62. The van der Waals surface area contributed by atoms with E-state index in [0.29, 0.717) is 42.4 Å². The van der Waals surface area contributed by atoms with Gasteiger partial charge in [0.25, 0.3) is 0 Å². The van der Waals surface area contributed by atoms with Crippen LogP contribution < -0.4 is 21.3 Å². The van der Waals surface area contributed by atoms with Gasteiger partial charge in [-0.2, -0.15) is 0 Å². The largest absolute Gasteiger partial charge is 0.465 e. The van der Waals surface area contributed by atoms with E-state index in [9.17, 15) is 38.4 Å². The molecule has 2 heterocycles. The second kappa shape index (κ2) is 26.4. The summed E-state index contributed by atoms with van der Waals surface area (Å²) in [6, 6.07) is -1.50. The summed E-state index contributed by atoms with van der Waals surface area (Å²) in [5, 5.41) is 8.89. The fraction of sp³-hybridized carbons (Fsp3) is 0.791. The zero-order valence-electron chi connectivity index (χ0n) is 36.8. The molecule has 8 amide bonds. The van der Waals surface area contributed by atoms with Crippen LogP contribution in [0.3, 0.4) is 0 Å². The van der Waals surface area contributed by atoms with E-state index in [4.69, 9.17) is 21.7 Å². The van der Waals surface area contributed by atoms with Gasteiger partial charge in [0, 0.05) is 0 Å². The standard InChI is InChI=1S/C43H70N4O10S3/c1-7-42(31(48)44-37(54)45-32(42)49)27-23-19-15-11-9-13-17-21-25-29-56-35(52)40(3,4)59-39(58)60-41(5,6)36(53)57-30-26-22-18-14-10-12-16-20-24-28-43(8-2)33(50)46-38(55)47-34(43)51/h7-30H2,1-6H3,(H2,44,45,48,49,54)(H2,46,47,50,51,55). The summed E-state index contributed by atoms with van der Waals surface area (Å²) < 4.78 is 9.81. The van der Waals surface area contributed by atoms with Gasteiger partial charge in [0.2, 0.25) is 23.6 Å². The van der Waals surface area contributed by atoms with Gasteiger partial charge < -0.3 is 9.47 Å². The van der Waals surface area contributed by atoms with Crippen LogP contribution in [0.1, 0.15) is 183 Å². The van der Waals surface area contributed by atoms with Crippen molar-refractivity contribution in [2.45, 2.75) is 192 Å². The van der Waals surface area contributed by atoms with Crippen LogP contribution in [0.2, 0.25) is 0 Å². The number of imide groups is 4. The Morgan fingerprint density at radius 1 is 0.483 bits per heavy atom. The highest BCUT2D eigenvalue weighted by atomic mass is 32.2. The van der Waals surface area contributed by atoms with Crippen LogP contribution in [-0.2, 0) is 38.2 Å². The Labute approximate surface area is 370 Å². The van der Waals surface area contributed by atoms with Crippen LogP contribution in [0, 0.1) is 10.8 Å². The molecule has 0 bridgehead atoms. The van der Waals surface area contributed by atoms with E-state index in [0.717, 1.165) is 116 Å². The van der Waals surface area contributed by atoms with Gasteiger partial charge in [0.15, 0.2) is 0 Å². The van der Waals surface area contributed by atoms with E-state index in [1.54, 1.807) is 41.5 Å². The number of barbiturate groups is 2. The SMILES string of the molecule is CCC1(CCCCCCCCCCCOC(=O)C(C)(C)SC(=S)SC(C)(C)C(=O)OCCCCCCCCCCCC2(CC)C(=O)NC(=O)NC2=O)C(=O)NC(=O)NC1=O.